The molecule has 4 heteroatoms. The van der Waals surface area contributed by atoms with Gasteiger partial charge in [-0.25, -0.2) is 0 Å². The molecule has 0 saturated heterocycles. The molecule has 0 heterocycles. The van der Waals surface area contributed by atoms with Crippen LogP contribution >= 0.6 is 0 Å². The van der Waals surface area contributed by atoms with Crippen molar-refractivity contribution in [2.45, 2.75) is 25.8 Å². The fourth-order valence-corrected chi connectivity index (χ4v) is 1.55. The van der Waals surface area contributed by atoms with Crippen molar-refractivity contribution >= 4 is 5.97 Å². The van der Waals surface area contributed by atoms with Gasteiger partial charge in [0, 0.05) is 18.0 Å². The van der Waals surface area contributed by atoms with Gasteiger partial charge < -0.3 is 15.6 Å². The molecular weight excluding hydrogens is 230 g/mol. The highest BCUT2D eigenvalue weighted by atomic mass is 16.5. The number of rotatable bonds is 7. The smallest absolute Gasteiger partial charge is 0.303 e. The average molecular weight is 249 g/mol. The molecule has 4 nitrogen and oxygen atoms in total. The summed E-state index contributed by atoms with van der Waals surface area (Å²) in [6.45, 7) is 6.09. The molecule has 1 aromatic carbocycles. The van der Waals surface area contributed by atoms with Crippen LogP contribution in [0.3, 0.4) is 0 Å². The van der Waals surface area contributed by atoms with Crippen molar-refractivity contribution in [2.75, 3.05) is 6.61 Å². The summed E-state index contributed by atoms with van der Waals surface area (Å²) in [6.07, 6.45) is 0.443. The zero-order valence-corrected chi connectivity index (χ0v) is 10.6. The molecule has 1 rings (SSSR count). The summed E-state index contributed by atoms with van der Waals surface area (Å²) in [5, 5.41) is 8.66. The fourth-order valence-electron chi connectivity index (χ4n) is 1.55. The zero-order valence-electron chi connectivity index (χ0n) is 10.6. The van der Waals surface area contributed by atoms with Gasteiger partial charge in [0.25, 0.3) is 0 Å². The first-order valence-corrected chi connectivity index (χ1v) is 5.84. The van der Waals surface area contributed by atoms with Gasteiger partial charge in [-0.05, 0) is 25.0 Å². The Hall–Kier alpha value is -1.81. The van der Waals surface area contributed by atoms with Crippen molar-refractivity contribution in [1.29, 1.82) is 0 Å². The van der Waals surface area contributed by atoms with Crippen LogP contribution in [0, 0.1) is 0 Å². The summed E-state index contributed by atoms with van der Waals surface area (Å²) >= 11 is 0. The topological polar surface area (TPSA) is 72.5 Å². The first-order chi connectivity index (χ1) is 8.50. The van der Waals surface area contributed by atoms with E-state index in [9.17, 15) is 4.79 Å². The van der Waals surface area contributed by atoms with Gasteiger partial charge in [0.15, 0.2) is 0 Å². The fraction of sp³-hybridized carbons (Fsp3) is 0.357. The number of para-hydroxylation sites is 1. The van der Waals surface area contributed by atoms with Gasteiger partial charge in [-0.1, -0.05) is 24.8 Å². The number of carboxylic acid groups (broad SMARTS) is 1. The van der Waals surface area contributed by atoms with Crippen LogP contribution in [-0.4, -0.2) is 17.7 Å². The highest BCUT2D eigenvalue weighted by molar-refractivity contribution is 5.66. The lowest BCUT2D eigenvalue weighted by atomic mass is 10.0. The van der Waals surface area contributed by atoms with Gasteiger partial charge in [-0.2, -0.15) is 0 Å². The highest BCUT2D eigenvalue weighted by Crippen LogP contribution is 2.26. The second-order valence-electron chi connectivity index (χ2n) is 4.32. The van der Waals surface area contributed by atoms with Crippen LogP contribution in [0.5, 0.6) is 5.75 Å². The van der Waals surface area contributed by atoms with E-state index < -0.39 is 5.97 Å². The number of carbonyl (C=O) groups is 1. The summed E-state index contributed by atoms with van der Waals surface area (Å²) in [5.41, 5.74) is 7.74. The van der Waals surface area contributed by atoms with E-state index in [1.165, 1.54) is 0 Å². The van der Waals surface area contributed by atoms with Crippen molar-refractivity contribution < 1.29 is 14.6 Å². The molecule has 98 valence electrons. The van der Waals surface area contributed by atoms with E-state index in [-0.39, 0.29) is 12.5 Å². The van der Waals surface area contributed by atoms with E-state index in [1.807, 2.05) is 31.2 Å². The molecule has 0 spiro atoms. The molecule has 0 radical (unpaired) electrons. The Morgan fingerprint density at radius 1 is 1.50 bits per heavy atom. The van der Waals surface area contributed by atoms with Gasteiger partial charge in [0.1, 0.15) is 12.4 Å². The zero-order chi connectivity index (χ0) is 13.5. The molecule has 1 atom stereocenters. The minimum Gasteiger partial charge on any atom is -0.489 e. The molecule has 0 aliphatic rings. The minimum absolute atomic E-state index is 0.0516. The number of carboxylic acids is 1. The van der Waals surface area contributed by atoms with Gasteiger partial charge in [-0.15, -0.1) is 0 Å². The van der Waals surface area contributed by atoms with Crippen LogP contribution in [0.1, 0.15) is 31.4 Å². The lowest BCUT2D eigenvalue weighted by molar-refractivity contribution is -0.137. The lowest BCUT2D eigenvalue weighted by Crippen LogP contribution is -2.14. The number of benzene rings is 1. The third-order valence-corrected chi connectivity index (χ3v) is 2.46. The molecule has 0 amide bonds. The molecule has 0 aromatic heterocycles. The van der Waals surface area contributed by atoms with Gasteiger partial charge >= 0.3 is 5.97 Å². The quantitative estimate of drug-likeness (QED) is 0.728. The van der Waals surface area contributed by atoms with Crippen LogP contribution in [0.4, 0.5) is 0 Å². The predicted molar refractivity (Wildman–Crippen MR) is 70.5 cm³/mol. The van der Waals surface area contributed by atoms with Crippen molar-refractivity contribution in [2.24, 2.45) is 5.73 Å². The number of aliphatic carboxylic acids is 1. The van der Waals surface area contributed by atoms with E-state index >= 15 is 0 Å². The maximum absolute atomic E-state index is 10.5. The Morgan fingerprint density at radius 2 is 2.17 bits per heavy atom. The molecule has 0 aliphatic carbocycles. The van der Waals surface area contributed by atoms with Crippen molar-refractivity contribution in [3.05, 3.63) is 42.0 Å². The van der Waals surface area contributed by atoms with E-state index in [0.29, 0.717) is 18.8 Å². The Morgan fingerprint density at radius 3 is 2.78 bits per heavy atom. The van der Waals surface area contributed by atoms with Crippen molar-refractivity contribution in [3.8, 4) is 5.75 Å². The molecule has 1 aromatic rings. The highest BCUT2D eigenvalue weighted by Gasteiger charge is 2.13. The SMILES string of the molecule is C=C(C)COc1ccccc1C(N)CCC(=O)O. The number of ether oxygens (including phenoxy) is 1. The molecule has 18 heavy (non-hydrogen) atoms. The van der Waals surface area contributed by atoms with Crippen LogP contribution in [0.25, 0.3) is 0 Å². The van der Waals surface area contributed by atoms with E-state index in [1.54, 1.807) is 0 Å². The first kappa shape index (κ1) is 14.3. The summed E-state index contributed by atoms with van der Waals surface area (Å²) in [4.78, 5) is 10.5. The molecule has 0 aliphatic heterocycles. The Balaban J connectivity index is 2.73. The molecule has 3 N–H and O–H groups in total. The predicted octanol–water partition coefficient (Wildman–Crippen LogP) is 2.51. The molecule has 1 unspecified atom stereocenters. The largest absolute Gasteiger partial charge is 0.489 e. The molecular formula is C14H19NO3. The monoisotopic (exact) mass is 249 g/mol. The summed E-state index contributed by atoms with van der Waals surface area (Å²) < 4.78 is 5.60. The molecule has 0 fully saturated rings. The maximum Gasteiger partial charge on any atom is 0.303 e. The van der Waals surface area contributed by atoms with Crippen LogP contribution < -0.4 is 10.5 Å². The minimum atomic E-state index is -0.842. The van der Waals surface area contributed by atoms with E-state index in [4.69, 9.17) is 15.6 Å². The Labute approximate surface area is 107 Å². The maximum atomic E-state index is 10.5. The number of hydrogen-bond donors (Lipinski definition) is 2. The summed E-state index contributed by atoms with van der Waals surface area (Å²) in [7, 11) is 0. The second-order valence-corrected chi connectivity index (χ2v) is 4.32. The lowest BCUT2D eigenvalue weighted by Gasteiger charge is -2.16. The second kappa shape index (κ2) is 6.81. The van der Waals surface area contributed by atoms with Gasteiger partial charge in [0.2, 0.25) is 0 Å². The summed E-state index contributed by atoms with van der Waals surface area (Å²) in [6, 6.07) is 7.09. The average Bonchev–Trinajstić information content (AvgIpc) is 2.33. The Kier molecular flexibility index (Phi) is 5.39. The number of hydrogen-bond acceptors (Lipinski definition) is 3. The first-order valence-electron chi connectivity index (χ1n) is 5.84. The summed E-state index contributed by atoms with van der Waals surface area (Å²) in [5.74, 6) is -0.149. The van der Waals surface area contributed by atoms with Crippen LogP contribution in [-0.2, 0) is 4.79 Å². The standard InChI is InChI=1S/C14H19NO3/c1-10(2)9-18-13-6-4-3-5-11(13)12(15)7-8-14(16)17/h3-6,12H,1,7-9,15H2,2H3,(H,16,17). The molecule has 0 bridgehead atoms. The molecule has 0 saturated carbocycles. The third kappa shape index (κ3) is 4.59. The van der Waals surface area contributed by atoms with Crippen molar-refractivity contribution in [3.63, 3.8) is 0 Å². The van der Waals surface area contributed by atoms with Crippen LogP contribution in [0.15, 0.2) is 36.4 Å². The van der Waals surface area contributed by atoms with Crippen molar-refractivity contribution in [1.82, 2.24) is 0 Å². The van der Waals surface area contributed by atoms with E-state index in [2.05, 4.69) is 6.58 Å². The van der Waals surface area contributed by atoms with Gasteiger partial charge in [-0.3, -0.25) is 4.79 Å². The Bertz CT molecular complexity index is 429. The normalized spacial score (nSPS) is 11.9. The van der Waals surface area contributed by atoms with Crippen LogP contribution in [0.2, 0.25) is 0 Å². The van der Waals surface area contributed by atoms with Gasteiger partial charge in [0.05, 0.1) is 0 Å². The third-order valence-electron chi connectivity index (χ3n) is 2.46. The number of nitrogens with two attached hydrogens (primary N) is 1. The van der Waals surface area contributed by atoms with E-state index in [0.717, 1.165) is 11.1 Å².